The van der Waals surface area contributed by atoms with E-state index in [0.717, 1.165) is 24.9 Å². The van der Waals surface area contributed by atoms with Crippen molar-refractivity contribution < 1.29 is 4.79 Å². The van der Waals surface area contributed by atoms with Crippen molar-refractivity contribution in [3.8, 4) is 0 Å². The Hall–Kier alpha value is -2.27. The number of benzene rings is 1. The summed E-state index contributed by atoms with van der Waals surface area (Å²) in [4.78, 5) is 16.7. The summed E-state index contributed by atoms with van der Waals surface area (Å²) in [6.07, 6.45) is 6.61. The van der Waals surface area contributed by atoms with E-state index in [4.69, 9.17) is 0 Å². The zero-order chi connectivity index (χ0) is 17.6. The lowest BCUT2D eigenvalue weighted by molar-refractivity contribution is 0.214. The molecule has 2 heterocycles. The van der Waals surface area contributed by atoms with Gasteiger partial charge in [0, 0.05) is 37.3 Å². The maximum absolute atomic E-state index is 12.5. The van der Waals surface area contributed by atoms with E-state index in [1.807, 2.05) is 18.5 Å². The van der Waals surface area contributed by atoms with Gasteiger partial charge in [0.2, 0.25) is 0 Å². The highest BCUT2D eigenvalue weighted by atomic mass is 16.2. The molecule has 0 saturated heterocycles. The number of carbonyl (C=O) groups excluding carboxylic acids is 1. The zero-order valence-electron chi connectivity index (χ0n) is 15.2. The first-order valence-electron chi connectivity index (χ1n) is 9.23. The monoisotopic (exact) mass is 338 g/mol. The molecule has 0 fully saturated rings. The number of fused-ring (bicyclic) bond motifs is 2. The van der Waals surface area contributed by atoms with Gasteiger partial charge in [-0.1, -0.05) is 18.2 Å². The Balaban J connectivity index is 1.77. The van der Waals surface area contributed by atoms with Gasteiger partial charge in [-0.25, -0.2) is 10.2 Å². The number of hydrogen-bond donors (Lipinski definition) is 1. The molecule has 2 amide bonds. The summed E-state index contributed by atoms with van der Waals surface area (Å²) in [5, 5.41) is 1.29. The van der Waals surface area contributed by atoms with Crippen LogP contribution in [0, 0.1) is 0 Å². The number of urea groups is 1. The van der Waals surface area contributed by atoms with Gasteiger partial charge in [-0.15, -0.1) is 0 Å². The summed E-state index contributed by atoms with van der Waals surface area (Å²) in [6.45, 7) is 6.53. The standard InChI is InChI=1S/C20H26N4O/c1-4-23(5-2)20(25)21-24-13-14-12-18-15(9-7-11-22(18)3)16-8-6-10-17(24)19(14)16/h6,8-10,13,18H,4-5,7,11-12H2,1-3H3,(H,21,25)/t18-/m1/s1. The SMILES string of the molecule is CCN(CC)C(=O)Nn1cc2c3c(cccc31)C1=CCCN(C)[C@@H]1C2. The van der Waals surface area contributed by atoms with Gasteiger partial charge >= 0.3 is 6.03 Å². The Labute approximate surface area is 148 Å². The molecule has 2 aliphatic rings. The van der Waals surface area contributed by atoms with Gasteiger partial charge in [0.05, 0.1) is 5.52 Å². The van der Waals surface area contributed by atoms with E-state index in [9.17, 15) is 4.79 Å². The second-order valence-electron chi connectivity index (χ2n) is 6.96. The fourth-order valence-corrected chi connectivity index (χ4v) is 4.26. The molecule has 1 aliphatic carbocycles. The largest absolute Gasteiger partial charge is 0.336 e. The van der Waals surface area contributed by atoms with Crippen molar-refractivity contribution in [1.82, 2.24) is 14.5 Å². The van der Waals surface area contributed by atoms with E-state index in [2.05, 4.69) is 47.8 Å². The molecule has 5 nitrogen and oxygen atoms in total. The summed E-state index contributed by atoms with van der Waals surface area (Å²) < 4.78 is 1.91. The third kappa shape index (κ3) is 2.54. The molecule has 0 bridgehead atoms. The molecule has 1 atom stereocenters. The van der Waals surface area contributed by atoms with E-state index in [1.165, 1.54) is 22.1 Å². The maximum atomic E-state index is 12.5. The van der Waals surface area contributed by atoms with Crippen molar-refractivity contribution in [2.24, 2.45) is 0 Å². The smallest absolute Gasteiger partial charge is 0.324 e. The second-order valence-corrected chi connectivity index (χ2v) is 6.96. The fourth-order valence-electron chi connectivity index (χ4n) is 4.26. The van der Waals surface area contributed by atoms with E-state index in [1.54, 1.807) is 4.90 Å². The molecular formula is C20H26N4O. The van der Waals surface area contributed by atoms with E-state index >= 15 is 0 Å². The van der Waals surface area contributed by atoms with E-state index in [0.29, 0.717) is 19.1 Å². The molecule has 0 saturated carbocycles. The number of nitrogens with one attached hydrogen (secondary N) is 1. The molecule has 132 valence electrons. The minimum atomic E-state index is -0.0492. The molecular weight excluding hydrogens is 312 g/mol. The highest BCUT2D eigenvalue weighted by molar-refractivity contribution is 5.99. The average molecular weight is 338 g/mol. The summed E-state index contributed by atoms with van der Waals surface area (Å²) in [7, 11) is 2.21. The summed E-state index contributed by atoms with van der Waals surface area (Å²) in [5.74, 6) is 0. The third-order valence-electron chi connectivity index (χ3n) is 5.64. The third-order valence-corrected chi connectivity index (χ3v) is 5.64. The predicted molar refractivity (Wildman–Crippen MR) is 102 cm³/mol. The van der Waals surface area contributed by atoms with Crippen LogP contribution >= 0.6 is 0 Å². The first-order valence-corrected chi connectivity index (χ1v) is 9.23. The first-order chi connectivity index (χ1) is 12.1. The van der Waals surface area contributed by atoms with Crippen LogP contribution in [-0.2, 0) is 6.42 Å². The van der Waals surface area contributed by atoms with Gasteiger partial charge in [-0.2, -0.15) is 0 Å². The van der Waals surface area contributed by atoms with Crippen LogP contribution in [0.2, 0.25) is 0 Å². The van der Waals surface area contributed by atoms with Crippen molar-refractivity contribution >= 4 is 22.5 Å². The van der Waals surface area contributed by atoms with Crippen LogP contribution in [0.5, 0.6) is 0 Å². The van der Waals surface area contributed by atoms with Crippen molar-refractivity contribution in [3.63, 3.8) is 0 Å². The highest BCUT2D eigenvalue weighted by Crippen LogP contribution is 2.40. The lowest BCUT2D eigenvalue weighted by atomic mass is 9.82. The number of rotatable bonds is 3. The van der Waals surface area contributed by atoms with Gasteiger partial charge < -0.3 is 4.90 Å². The molecule has 1 aromatic heterocycles. The van der Waals surface area contributed by atoms with Crippen molar-refractivity contribution in [3.05, 3.63) is 41.6 Å². The molecule has 5 heteroatoms. The van der Waals surface area contributed by atoms with Gasteiger partial charge in [0.1, 0.15) is 0 Å². The number of likely N-dealkylation sites (N-methyl/N-ethyl adjacent to an activating group) is 1. The van der Waals surface area contributed by atoms with E-state index < -0.39 is 0 Å². The zero-order valence-corrected chi connectivity index (χ0v) is 15.2. The van der Waals surface area contributed by atoms with Gasteiger partial charge in [-0.05, 0) is 56.5 Å². The predicted octanol–water partition coefficient (Wildman–Crippen LogP) is 3.29. The lowest BCUT2D eigenvalue weighted by Gasteiger charge is -2.36. The minimum absolute atomic E-state index is 0.0492. The van der Waals surface area contributed by atoms with Crippen LogP contribution < -0.4 is 5.43 Å². The topological polar surface area (TPSA) is 40.5 Å². The summed E-state index contributed by atoms with van der Waals surface area (Å²) in [5.41, 5.74) is 8.23. The van der Waals surface area contributed by atoms with Crippen LogP contribution in [-0.4, -0.2) is 53.2 Å². The average Bonchev–Trinajstić information content (AvgIpc) is 2.96. The Morgan fingerprint density at radius 1 is 1.32 bits per heavy atom. The molecule has 1 N–H and O–H groups in total. The Morgan fingerprint density at radius 3 is 2.88 bits per heavy atom. The molecule has 0 unspecified atom stereocenters. The number of carbonyl (C=O) groups is 1. The fraction of sp³-hybridized carbons (Fsp3) is 0.450. The van der Waals surface area contributed by atoms with E-state index in [-0.39, 0.29) is 6.03 Å². The molecule has 0 spiro atoms. The first kappa shape index (κ1) is 16.2. The number of amides is 2. The maximum Gasteiger partial charge on any atom is 0.336 e. The number of nitrogens with zero attached hydrogens (tertiary/aromatic N) is 3. The number of aromatic nitrogens is 1. The molecule has 1 aromatic carbocycles. The van der Waals surface area contributed by atoms with Crippen molar-refractivity contribution in [2.45, 2.75) is 32.7 Å². The molecule has 2 aromatic rings. The van der Waals surface area contributed by atoms with Crippen LogP contribution in [0.3, 0.4) is 0 Å². The van der Waals surface area contributed by atoms with Crippen LogP contribution in [0.25, 0.3) is 16.5 Å². The second kappa shape index (κ2) is 6.23. The number of hydrogen-bond acceptors (Lipinski definition) is 2. The quantitative estimate of drug-likeness (QED) is 0.933. The highest BCUT2D eigenvalue weighted by Gasteiger charge is 2.31. The Bertz CT molecular complexity index is 847. The molecule has 0 radical (unpaired) electrons. The normalized spacial score (nSPS) is 19.5. The lowest BCUT2D eigenvalue weighted by Crippen LogP contribution is -2.39. The molecule has 1 aliphatic heterocycles. The van der Waals surface area contributed by atoms with Crippen LogP contribution in [0.15, 0.2) is 30.5 Å². The summed E-state index contributed by atoms with van der Waals surface area (Å²) in [6, 6.07) is 6.81. The van der Waals surface area contributed by atoms with Crippen LogP contribution in [0.4, 0.5) is 4.79 Å². The van der Waals surface area contributed by atoms with Gasteiger partial charge in [-0.3, -0.25) is 9.58 Å². The molecule has 4 rings (SSSR count). The summed E-state index contributed by atoms with van der Waals surface area (Å²) >= 11 is 0. The molecule has 25 heavy (non-hydrogen) atoms. The Morgan fingerprint density at radius 2 is 2.12 bits per heavy atom. The van der Waals surface area contributed by atoms with Crippen molar-refractivity contribution in [2.75, 3.05) is 32.1 Å². The van der Waals surface area contributed by atoms with Gasteiger partial charge in [0.25, 0.3) is 0 Å². The van der Waals surface area contributed by atoms with Crippen molar-refractivity contribution in [1.29, 1.82) is 0 Å². The Kier molecular flexibility index (Phi) is 4.04. The van der Waals surface area contributed by atoms with Gasteiger partial charge in [0.15, 0.2) is 0 Å². The van der Waals surface area contributed by atoms with Crippen LogP contribution in [0.1, 0.15) is 31.4 Å². The minimum Gasteiger partial charge on any atom is -0.324 e.